The summed E-state index contributed by atoms with van der Waals surface area (Å²) in [4.78, 5) is 15.2. The molecule has 0 aromatic heterocycles. The van der Waals surface area contributed by atoms with Crippen LogP contribution >= 0.6 is 11.6 Å². The SMILES string of the molecule is COc1ccc(C)c2c1N(C(=O)c1ccc(Cl)c(S(=O)(=O)N3CCCCC3)c1)CCC2. The van der Waals surface area contributed by atoms with Crippen LogP contribution < -0.4 is 9.64 Å². The molecule has 4 rings (SSSR count). The van der Waals surface area contributed by atoms with Gasteiger partial charge in [0.15, 0.2) is 0 Å². The summed E-state index contributed by atoms with van der Waals surface area (Å²) in [6, 6.07) is 8.39. The summed E-state index contributed by atoms with van der Waals surface area (Å²) in [6.07, 6.45) is 4.39. The van der Waals surface area contributed by atoms with E-state index in [0.717, 1.165) is 48.9 Å². The first kappa shape index (κ1) is 22.1. The van der Waals surface area contributed by atoms with E-state index in [0.29, 0.717) is 30.9 Å². The third-order valence-corrected chi connectivity index (χ3v) is 8.51. The Hall–Kier alpha value is -2.09. The fourth-order valence-electron chi connectivity index (χ4n) is 4.45. The van der Waals surface area contributed by atoms with Gasteiger partial charge in [0.1, 0.15) is 10.6 Å². The minimum Gasteiger partial charge on any atom is -0.495 e. The molecule has 1 fully saturated rings. The van der Waals surface area contributed by atoms with Crippen molar-refractivity contribution in [2.45, 2.75) is 43.9 Å². The Kier molecular flexibility index (Phi) is 6.28. The lowest BCUT2D eigenvalue weighted by atomic mass is 9.95. The number of benzene rings is 2. The zero-order valence-corrected chi connectivity index (χ0v) is 19.4. The van der Waals surface area contributed by atoms with Gasteiger partial charge in [0.2, 0.25) is 10.0 Å². The molecule has 31 heavy (non-hydrogen) atoms. The molecule has 1 amide bonds. The van der Waals surface area contributed by atoms with Crippen molar-refractivity contribution in [1.82, 2.24) is 4.31 Å². The van der Waals surface area contributed by atoms with Gasteiger partial charge < -0.3 is 9.64 Å². The molecule has 2 aliphatic heterocycles. The molecule has 0 aliphatic carbocycles. The van der Waals surface area contributed by atoms with Gasteiger partial charge in [-0.15, -0.1) is 0 Å². The average Bonchev–Trinajstić information content (AvgIpc) is 2.79. The first-order chi connectivity index (χ1) is 14.8. The molecular formula is C23H27ClN2O4S. The van der Waals surface area contributed by atoms with E-state index >= 15 is 0 Å². The van der Waals surface area contributed by atoms with Gasteiger partial charge in [-0.25, -0.2) is 8.42 Å². The van der Waals surface area contributed by atoms with Crippen LogP contribution in [0.1, 0.15) is 47.2 Å². The summed E-state index contributed by atoms with van der Waals surface area (Å²) in [7, 11) is -2.16. The van der Waals surface area contributed by atoms with Crippen LogP contribution in [0.5, 0.6) is 5.75 Å². The van der Waals surface area contributed by atoms with E-state index in [9.17, 15) is 13.2 Å². The van der Waals surface area contributed by atoms with Crippen molar-refractivity contribution in [3.63, 3.8) is 0 Å². The summed E-state index contributed by atoms with van der Waals surface area (Å²) in [6.45, 7) is 3.53. The highest BCUT2D eigenvalue weighted by atomic mass is 35.5. The summed E-state index contributed by atoms with van der Waals surface area (Å²) in [5.74, 6) is 0.389. The number of anilines is 1. The van der Waals surface area contributed by atoms with Crippen LogP contribution in [0.2, 0.25) is 5.02 Å². The molecule has 6 nitrogen and oxygen atoms in total. The second kappa shape index (κ2) is 8.81. The number of aryl methyl sites for hydroxylation is 1. The number of amides is 1. The largest absolute Gasteiger partial charge is 0.495 e. The van der Waals surface area contributed by atoms with Gasteiger partial charge in [-0.3, -0.25) is 4.79 Å². The van der Waals surface area contributed by atoms with E-state index in [1.54, 1.807) is 18.1 Å². The third-order valence-electron chi connectivity index (χ3n) is 6.13. The van der Waals surface area contributed by atoms with E-state index in [-0.39, 0.29) is 15.8 Å². The van der Waals surface area contributed by atoms with E-state index in [1.165, 1.54) is 16.4 Å². The van der Waals surface area contributed by atoms with Crippen molar-refractivity contribution in [2.75, 3.05) is 31.6 Å². The van der Waals surface area contributed by atoms with Crippen molar-refractivity contribution >= 4 is 33.2 Å². The Morgan fingerprint density at radius 3 is 2.48 bits per heavy atom. The number of nitrogens with zero attached hydrogens (tertiary/aromatic N) is 2. The van der Waals surface area contributed by atoms with Crippen molar-refractivity contribution < 1.29 is 17.9 Å². The molecule has 0 N–H and O–H groups in total. The van der Waals surface area contributed by atoms with Crippen molar-refractivity contribution in [3.8, 4) is 5.75 Å². The predicted molar refractivity (Wildman–Crippen MR) is 122 cm³/mol. The number of ether oxygens (including phenoxy) is 1. The van der Waals surface area contributed by atoms with E-state index in [4.69, 9.17) is 16.3 Å². The van der Waals surface area contributed by atoms with Crippen molar-refractivity contribution in [1.29, 1.82) is 0 Å². The summed E-state index contributed by atoms with van der Waals surface area (Å²) in [5.41, 5.74) is 3.28. The monoisotopic (exact) mass is 462 g/mol. The number of fused-ring (bicyclic) bond motifs is 1. The first-order valence-corrected chi connectivity index (χ1v) is 12.4. The number of hydrogen-bond donors (Lipinski definition) is 0. The molecule has 0 radical (unpaired) electrons. The van der Waals surface area contributed by atoms with Crippen LogP contribution in [0, 0.1) is 6.92 Å². The van der Waals surface area contributed by atoms with Gasteiger partial charge in [0.25, 0.3) is 5.91 Å². The molecule has 0 atom stereocenters. The van der Waals surface area contributed by atoms with Crippen LogP contribution in [0.25, 0.3) is 0 Å². The number of rotatable bonds is 4. The number of piperidine rings is 1. The first-order valence-electron chi connectivity index (χ1n) is 10.6. The van der Waals surface area contributed by atoms with Crippen LogP contribution in [-0.2, 0) is 16.4 Å². The highest BCUT2D eigenvalue weighted by molar-refractivity contribution is 7.89. The lowest BCUT2D eigenvalue weighted by Crippen LogP contribution is -2.37. The third kappa shape index (κ3) is 4.06. The summed E-state index contributed by atoms with van der Waals surface area (Å²) < 4.78 is 33.4. The molecule has 1 saturated heterocycles. The predicted octanol–water partition coefficient (Wildman–Crippen LogP) is 4.42. The van der Waals surface area contributed by atoms with Gasteiger partial charge in [-0.05, 0) is 68.0 Å². The van der Waals surface area contributed by atoms with Gasteiger partial charge in [-0.1, -0.05) is 24.1 Å². The van der Waals surface area contributed by atoms with Gasteiger partial charge in [0.05, 0.1) is 17.8 Å². The number of hydrogen-bond acceptors (Lipinski definition) is 4. The van der Waals surface area contributed by atoms with Crippen LogP contribution in [0.4, 0.5) is 5.69 Å². The molecule has 2 heterocycles. The molecule has 166 valence electrons. The minimum absolute atomic E-state index is 0.00430. The standard InChI is InChI=1S/C23H27ClN2O4S/c1-16-8-11-20(30-2)22-18(16)7-6-14-26(22)23(27)17-9-10-19(24)21(15-17)31(28,29)25-12-4-3-5-13-25/h8-11,15H,3-7,12-14H2,1-2H3. The maximum atomic E-state index is 13.5. The molecule has 2 aromatic carbocycles. The zero-order valence-electron chi connectivity index (χ0n) is 17.9. The minimum atomic E-state index is -3.75. The summed E-state index contributed by atoms with van der Waals surface area (Å²) >= 11 is 6.29. The molecule has 8 heteroatoms. The molecular weight excluding hydrogens is 436 g/mol. The molecule has 0 bridgehead atoms. The molecule has 0 unspecified atom stereocenters. The van der Waals surface area contributed by atoms with Gasteiger partial charge >= 0.3 is 0 Å². The highest BCUT2D eigenvalue weighted by Crippen LogP contribution is 2.39. The molecule has 2 aromatic rings. The number of halogens is 1. The van der Waals surface area contributed by atoms with Crippen molar-refractivity contribution in [2.24, 2.45) is 0 Å². The van der Waals surface area contributed by atoms with E-state index < -0.39 is 10.0 Å². The zero-order chi connectivity index (χ0) is 22.2. The number of sulfonamides is 1. The Morgan fingerprint density at radius 2 is 1.77 bits per heavy atom. The fourth-order valence-corrected chi connectivity index (χ4v) is 6.47. The van der Waals surface area contributed by atoms with Gasteiger partial charge in [0, 0.05) is 25.2 Å². The smallest absolute Gasteiger partial charge is 0.258 e. The lowest BCUT2D eigenvalue weighted by molar-refractivity contribution is 0.0984. The Balaban J connectivity index is 1.74. The molecule has 2 aliphatic rings. The Labute approximate surface area is 188 Å². The summed E-state index contributed by atoms with van der Waals surface area (Å²) in [5, 5.41) is 0.134. The average molecular weight is 463 g/mol. The van der Waals surface area contributed by atoms with E-state index in [2.05, 4.69) is 0 Å². The number of methoxy groups -OCH3 is 1. The highest BCUT2D eigenvalue weighted by Gasteiger charge is 2.31. The Morgan fingerprint density at radius 1 is 1.03 bits per heavy atom. The van der Waals surface area contributed by atoms with Crippen LogP contribution in [-0.4, -0.2) is 45.4 Å². The van der Waals surface area contributed by atoms with Gasteiger partial charge in [-0.2, -0.15) is 4.31 Å². The quantitative estimate of drug-likeness (QED) is 0.674. The van der Waals surface area contributed by atoms with Crippen LogP contribution in [0.3, 0.4) is 0 Å². The second-order valence-corrected chi connectivity index (χ2v) is 10.4. The van der Waals surface area contributed by atoms with E-state index in [1.807, 2.05) is 19.1 Å². The lowest BCUT2D eigenvalue weighted by Gasteiger charge is -2.32. The topological polar surface area (TPSA) is 66.9 Å². The fraction of sp³-hybridized carbons (Fsp3) is 0.435. The van der Waals surface area contributed by atoms with Crippen molar-refractivity contribution in [3.05, 3.63) is 52.0 Å². The maximum Gasteiger partial charge on any atom is 0.258 e. The normalized spacial score (nSPS) is 17.3. The maximum absolute atomic E-state index is 13.5. The number of carbonyl (C=O) groups is 1. The number of carbonyl (C=O) groups excluding carboxylic acids is 1. The second-order valence-electron chi connectivity index (χ2n) is 8.08. The molecule has 0 spiro atoms. The molecule has 0 saturated carbocycles. The Bertz CT molecular complexity index is 1110. The van der Waals surface area contributed by atoms with Crippen LogP contribution in [0.15, 0.2) is 35.2 Å².